The number of fused-ring (bicyclic) bond motifs is 1. The van der Waals surface area contributed by atoms with Crippen LogP contribution in [0.3, 0.4) is 0 Å². The zero-order valence-corrected chi connectivity index (χ0v) is 16.1. The van der Waals surface area contributed by atoms with Crippen molar-refractivity contribution in [3.63, 3.8) is 0 Å². The SMILES string of the molecule is O=C(COc1ccc(OCc2ccccc2)cc1)NN=Cc1ccc2c(c1)OCO2. The van der Waals surface area contributed by atoms with Crippen molar-refractivity contribution in [3.05, 3.63) is 83.9 Å². The van der Waals surface area contributed by atoms with Gasteiger partial charge in [0, 0.05) is 0 Å². The Balaban J connectivity index is 1.20. The van der Waals surface area contributed by atoms with Gasteiger partial charge in [0.25, 0.3) is 5.91 Å². The molecule has 1 heterocycles. The maximum atomic E-state index is 11.9. The molecule has 1 amide bonds. The van der Waals surface area contributed by atoms with E-state index >= 15 is 0 Å². The minimum absolute atomic E-state index is 0.150. The number of hydrazone groups is 1. The van der Waals surface area contributed by atoms with Gasteiger partial charge in [-0.15, -0.1) is 0 Å². The standard InChI is InChI=1S/C23H20N2O5/c26-23(25-24-13-18-6-11-21-22(12-18)30-16-29-21)15-28-20-9-7-19(8-10-20)27-14-17-4-2-1-3-5-17/h1-13H,14-16H2,(H,25,26). The Morgan fingerprint density at radius 1 is 0.933 bits per heavy atom. The second-order valence-corrected chi connectivity index (χ2v) is 6.44. The average Bonchev–Trinajstić information content (AvgIpc) is 3.26. The molecule has 0 aliphatic carbocycles. The molecule has 0 bridgehead atoms. The van der Waals surface area contributed by atoms with Crippen molar-refractivity contribution in [2.24, 2.45) is 5.10 Å². The van der Waals surface area contributed by atoms with Crippen molar-refractivity contribution in [2.75, 3.05) is 13.4 Å². The van der Waals surface area contributed by atoms with Crippen LogP contribution in [0.15, 0.2) is 77.9 Å². The van der Waals surface area contributed by atoms with E-state index in [-0.39, 0.29) is 19.3 Å². The summed E-state index contributed by atoms with van der Waals surface area (Å²) in [5, 5.41) is 3.93. The van der Waals surface area contributed by atoms with Crippen LogP contribution >= 0.6 is 0 Å². The summed E-state index contributed by atoms with van der Waals surface area (Å²) in [7, 11) is 0. The van der Waals surface area contributed by atoms with Gasteiger partial charge in [0.1, 0.15) is 18.1 Å². The lowest BCUT2D eigenvalue weighted by Gasteiger charge is -2.08. The van der Waals surface area contributed by atoms with Crippen LogP contribution in [0.5, 0.6) is 23.0 Å². The van der Waals surface area contributed by atoms with E-state index in [4.69, 9.17) is 18.9 Å². The molecule has 3 aromatic rings. The number of hydrogen-bond donors (Lipinski definition) is 1. The molecule has 0 aromatic heterocycles. The molecule has 0 atom stereocenters. The zero-order valence-electron chi connectivity index (χ0n) is 16.1. The Labute approximate surface area is 173 Å². The first-order valence-corrected chi connectivity index (χ1v) is 9.37. The Morgan fingerprint density at radius 2 is 1.67 bits per heavy atom. The van der Waals surface area contributed by atoms with Crippen LogP contribution in [0.4, 0.5) is 0 Å². The molecule has 7 heteroatoms. The van der Waals surface area contributed by atoms with Crippen LogP contribution < -0.4 is 24.4 Å². The molecule has 3 aromatic carbocycles. The monoisotopic (exact) mass is 404 g/mol. The molecular weight excluding hydrogens is 384 g/mol. The fourth-order valence-electron chi connectivity index (χ4n) is 2.73. The maximum absolute atomic E-state index is 11.9. The number of nitrogens with zero attached hydrogens (tertiary/aromatic N) is 1. The third-order valence-electron chi connectivity index (χ3n) is 4.24. The molecule has 7 nitrogen and oxygen atoms in total. The predicted molar refractivity (Wildman–Crippen MR) is 111 cm³/mol. The number of carbonyl (C=O) groups excluding carboxylic acids is 1. The summed E-state index contributed by atoms with van der Waals surface area (Å²) in [5.41, 5.74) is 4.30. The second kappa shape index (κ2) is 9.47. The molecule has 0 fully saturated rings. The summed E-state index contributed by atoms with van der Waals surface area (Å²) >= 11 is 0. The Bertz CT molecular complexity index is 1020. The number of hydrogen-bond acceptors (Lipinski definition) is 6. The molecule has 1 aliphatic rings. The van der Waals surface area contributed by atoms with Crippen LogP contribution in [0.1, 0.15) is 11.1 Å². The summed E-state index contributed by atoms with van der Waals surface area (Å²) in [6, 6.07) is 22.4. The number of nitrogens with one attached hydrogen (secondary N) is 1. The molecule has 1 aliphatic heterocycles. The molecule has 0 unspecified atom stereocenters. The van der Waals surface area contributed by atoms with Crippen molar-refractivity contribution in [1.29, 1.82) is 0 Å². The molecule has 0 spiro atoms. The largest absolute Gasteiger partial charge is 0.489 e. The first-order chi connectivity index (χ1) is 14.8. The van der Waals surface area contributed by atoms with Crippen LogP contribution in [0.25, 0.3) is 0 Å². The van der Waals surface area contributed by atoms with E-state index in [1.807, 2.05) is 36.4 Å². The van der Waals surface area contributed by atoms with Gasteiger partial charge < -0.3 is 18.9 Å². The highest BCUT2D eigenvalue weighted by molar-refractivity contribution is 5.83. The minimum Gasteiger partial charge on any atom is -0.489 e. The van der Waals surface area contributed by atoms with E-state index in [0.29, 0.717) is 23.9 Å². The van der Waals surface area contributed by atoms with Crippen molar-refractivity contribution >= 4 is 12.1 Å². The highest BCUT2D eigenvalue weighted by Crippen LogP contribution is 2.31. The minimum atomic E-state index is -0.364. The van der Waals surface area contributed by atoms with Gasteiger partial charge in [-0.25, -0.2) is 5.43 Å². The Morgan fingerprint density at radius 3 is 2.47 bits per heavy atom. The number of amides is 1. The maximum Gasteiger partial charge on any atom is 0.277 e. The van der Waals surface area contributed by atoms with Crippen LogP contribution in [0.2, 0.25) is 0 Å². The normalized spacial score (nSPS) is 12.0. The molecule has 1 N–H and O–H groups in total. The van der Waals surface area contributed by atoms with E-state index in [1.54, 1.807) is 36.4 Å². The zero-order chi connectivity index (χ0) is 20.6. The first kappa shape index (κ1) is 19.3. The van der Waals surface area contributed by atoms with Gasteiger partial charge >= 0.3 is 0 Å². The van der Waals surface area contributed by atoms with E-state index in [1.165, 1.54) is 6.21 Å². The predicted octanol–water partition coefficient (Wildman–Crippen LogP) is 3.52. The Hall–Kier alpha value is -4.00. The average molecular weight is 404 g/mol. The molecule has 152 valence electrons. The molecule has 0 radical (unpaired) electrons. The molecular formula is C23H20N2O5. The van der Waals surface area contributed by atoms with Crippen molar-refractivity contribution in [1.82, 2.24) is 5.43 Å². The van der Waals surface area contributed by atoms with Crippen molar-refractivity contribution < 1.29 is 23.7 Å². The lowest BCUT2D eigenvalue weighted by molar-refractivity contribution is -0.123. The number of benzene rings is 3. The van der Waals surface area contributed by atoms with Gasteiger partial charge in [0.15, 0.2) is 18.1 Å². The van der Waals surface area contributed by atoms with Crippen LogP contribution in [-0.4, -0.2) is 25.5 Å². The number of carbonyl (C=O) groups is 1. The summed E-state index contributed by atoms with van der Waals surface area (Å²) in [6.07, 6.45) is 1.53. The van der Waals surface area contributed by atoms with E-state index in [0.717, 1.165) is 16.9 Å². The number of rotatable bonds is 8. The quantitative estimate of drug-likeness (QED) is 0.459. The van der Waals surface area contributed by atoms with E-state index in [2.05, 4.69) is 10.5 Å². The summed E-state index contributed by atoms with van der Waals surface area (Å²) < 4.78 is 21.7. The second-order valence-electron chi connectivity index (χ2n) is 6.44. The summed E-state index contributed by atoms with van der Waals surface area (Å²) in [4.78, 5) is 11.9. The van der Waals surface area contributed by atoms with Gasteiger partial charge in [0.05, 0.1) is 6.21 Å². The van der Waals surface area contributed by atoms with Crippen molar-refractivity contribution in [2.45, 2.75) is 6.61 Å². The Kier molecular flexibility index (Phi) is 6.10. The van der Waals surface area contributed by atoms with Crippen LogP contribution in [-0.2, 0) is 11.4 Å². The van der Waals surface area contributed by atoms with Gasteiger partial charge in [-0.2, -0.15) is 5.10 Å². The third-order valence-corrected chi connectivity index (χ3v) is 4.24. The summed E-state index contributed by atoms with van der Waals surface area (Å²) in [5.74, 6) is 2.28. The van der Waals surface area contributed by atoms with Gasteiger partial charge in [-0.1, -0.05) is 30.3 Å². The van der Waals surface area contributed by atoms with Crippen molar-refractivity contribution in [3.8, 4) is 23.0 Å². The highest BCUT2D eigenvalue weighted by Gasteiger charge is 2.12. The fourth-order valence-corrected chi connectivity index (χ4v) is 2.73. The fraction of sp³-hybridized carbons (Fsp3) is 0.130. The van der Waals surface area contributed by atoms with Gasteiger partial charge in [0.2, 0.25) is 6.79 Å². The van der Waals surface area contributed by atoms with Crippen LogP contribution in [0, 0.1) is 0 Å². The van der Waals surface area contributed by atoms with E-state index < -0.39 is 0 Å². The smallest absolute Gasteiger partial charge is 0.277 e. The first-order valence-electron chi connectivity index (χ1n) is 9.37. The molecule has 0 saturated carbocycles. The highest BCUT2D eigenvalue weighted by atomic mass is 16.7. The van der Waals surface area contributed by atoms with Gasteiger partial charge in [-0.3, -0.25) is 4.79 Å². The molecule has 0 saturated heterocycles. The van der Waals surface area contributed by atoms with Gasteiger partial charge in [-0.05, 0) is 53.6 Å². The lowest BCUT2D eigenvalue weighted by Crippen LogP contribution is -2.24. The topological polar surface area (TPSA) is 78.4 Å². The summed E-state index contributed by atoms with van der Waals surface area (Å²) in [6.45, 7) is 0.553. The molecule has 30 heavy (non-hydrogen) atoms. The third kappa shape index (κ3) is 5.29. The number of ether oxygens (including phenoxy) is 4. The molecule has 4 rings (SSSR count). The van der Waals surface area contributed by atoms with E-state index in [9.17, 15) is 4.79 Å². The lowest BCUT2D eigenvalue weighted by atomic mass is 10.2.